The number of nitro benzene ring substituents is 1. The van der Waals surface area contributed by atoms with Crippen molar-refractivity contribution in [2.24, 2.45) is 0 Å². The van der Waals surface area contributed by atoms with Crippen molar-refractivity contribution in [3.63, 3.8) is 0 Å². The summed E-state index contributed by atoms with van der Waals surface area (Å²) in [6, 6.07) is 12.5. The first-order valence-corrected chi connectivity index (χ1v) is 11.0. The van der Waals surface area contributed by atoms with Gasteiger partial charge in [-0.05, 0) is 38.1 Å². The average Bonchev–Trinajstić information content (AvgIpc) is 2.73. The minimum atomic E-state index is -3.60. The third-order valence-corrected chi connectivity index (χ3v) is 6.73. The van der Waals surface area contributed by atoms with Crippen LogP contribution in [0, 0.1) is 10.1 Å². The van der Waals surface area contributed by atoms with Crippen LogP contribution in [0.4, 0.5) is 11.4 Å². The predicted molar refractivity (Wildman–Crippen MR) is 113 cm³/mol. The number of benzene rings is 2. The van der Waals surface area contributed by atoms with Crippen LogP contribution in [0.25, 0.3) is 0 Å². The highest BCUT2D eigenvalue weighted by Gasteiger charge is 2.31. The lowest BCUT2D eigenvalue weighted by Crippen LogP contribution is -2.48. The van der Waals surface area contributed by atoms with Gasteiger partial charge in [-0.3, -0.25) is 14.9 Å². The summed E-state index contributed by atoms with van der Waals surface area (Å²) >= 11 is 0. The summed E-state index contributed by atoms with van der Waals surface area (Å²) in [5.74, 6) is -0.376. The van der Waals surface area contributed by atoms with E-state index in [4.69, 9.17) is 0 Å². The van der Waals surface area contributed by atoms with Gasteiger partial charge < -0.3 is 10.2 Å². The van der Waals surface area contributed by atoms with Crippen molar-refractivity contribution >= 4 is 27.3 Å². The Morgan fingerprint density at radius 1 is 1.07 bits per heavy atom. The molecule has 1 aliphatic heterocycles. The fourth-order valence-corrected chi connectivity index (χ4v) is 4.78. The molecule has 30 heavy (non-hydrogen) atoms. The van der Waals surface area contributed by atoms with E-state index in [1.54, 1.807) is 47.4 Å². The zero-order valence-electron chi connectivity index (χ0n) is 16.8. The van der Waals surface area contributed by atoms with Crippen LogP contribution in [0.1, 0.15) is 24.2 Å². The highest BCUT2D eigenvalue weighted by molar-refractivity contribution is 7.89. The number of piperazine rings is 1. The van der Waals surface area contributed by atoms with E-state index in [2.05, 4.69) is 5.32 Å². The summed E-state index contributed by atoms with van der Waals surface area (Å²) in [4.78, 5) is 25.3. The van der Waals surface area contributed by atoms with Gasteiger partial charge in [-0.15, -0.1) is 0 Å². The van der Waals surface area contributed by atoms with Gasteiger partial charge >= 0.3 is 0 Å². The number of amides is 1. The van der Waals surface area contributed by atoms with Crippen molar-refractivity contribution in [3.8, 4) is 0 Å². The molecule has 0 bridgehead atoms. The maximum atomic E-state index is 12.8. The fourth-order valence-electron chi connectivity index (χ4n) is 3.33. The lowest BCUT2D eigenvalue weighted by Gasteiger charge is -2.35. The number of hydrogen-bond acceptors (Lipinski definition) is 6. The highest BCUT2D eigenvalue weighted by atomic mass is 32.2. The molecule has 2 aromatic carbocycles. The molecule has 0 aromatic heterocycles. The van der Waals surface area contributed by atoms with Gasteiger partial charge in [0.1, 0.15) is 5.69 Å². The molecule has 9 nitrogen and oxygen atoms in total. The van der Waals surface area contributed by atoms with Crippen molar-refractivity contribution in [1.29, 1.82) is 0 Å². The van der Waals surface area contributed by atoms with Gasteiger partial charge in [-0.25, -0.2) is 8.42 Å². The van der Waals surface area contributed by atoms with Crippen LogP contribution in [0.15, 0.2) is 53.4 Å². The van der Waals surface area contributed by atoms with Gasteiger partial charge in [-0.1, -0.05) is 18.2 Å². The summed E-state index contributed by atoms with van der Waals surface area (Å²) in [6.45, 7) is 4.66. The molecule has 0 aliphatic carbocycles. The minimum Gasteiger partial charge on any atom is -0.363 e. The Labute approximate surface area is 175 Å². The van der Waals surface area contributed by atoms with Crippen LogP contribution >= 0.6 is 0 Å². The highest BCUT2D eigenvalue weighted by Crippen LogP contribution is 2.31. The standard InChI is InChI=1S/C20H24N4O5S/c1-15(2)21-20(25)16-8-9-18(19(14-16)24(26)27)22-10-12-23(13-11-22)30(28,29)17-6-4-3-5-7-17/h3-9,14-15H,10-13H2,1-2H3,(H,21,25). The van der Waals surface area contributed by atoms with Crippen LogP contribution in [-0.2, 0) is 10.0 Å². The number of hydrogen-bond donors (Lipinski definition) is 1. The van der Waals surface area contributed by atoms with E-state index >= 15 is 0 Å². The van der Waals surface area contributed by atoms with E-state index in [-0.39, 0.29) is 41.2 Å². The van der Waals surface area contributed by atoms with Gasteiger partial charge in [0.2, 0.25) is 10.0 Å². The quantitative estimate of drug-likeness (QED) is 0.553. The van der Waals surface area contributed by atoms with Gasteiger partial charge in [0.05, 0.1) is 9.82 Å². The van der Waals surface area contributed by atoms with E-state index in [0.717, 1.165) is 0 Å². The largest absolute Gasteiger partial charge is 0.363 e. The van der Waals surface area contributed by atoms with Crippen molar-refractivity contribution in [3.05, 3.63) is 64.2 Å². The molecule has 160 valence electrons. The number of nitrogens with zero attached hydrogens (tertiary/aromatic N) is 3. The monoisotopic (exact) mass is 432 g/mol. The SMILES string of the molecule is CC(C)NC(=O)c1ccc(N2CCN(S(=O)(=O)c3ccccc3)CC2)c([N+](=O)[O-])c1. The molecule has 1 aliphatic rings. The van der Waals surface area contributed by atoms with Crippen LogP contribution in [0.3, 0.4) is 0 Å². The summed E-state index contributed by atoms with van der Waals surface area (Å²) in [5.41, 5.74) is 0.410. The zero-order valence-corrected chi connectivity index (χ0v) is 17.6. The molecule has 0 radical (unpaired) electrons. The zero-order chi connectivity index (χ0) is 21.9. The van der Waals surface area contributed by atoms with Crippen LogP contribution in [0.2, 0.25) is 0 Å². The number of anilines is 1. The molecule has 2 aromatic rings. The lowest BCUT2D eigenvalue weighted by molar-refractivity contribution is -0.384. The molecule has 0 saturated carbocycles. The van der Waals surface area contributed by atoms with Crippen LogP contribution < -0.4 is 10.2 Å². The second-order valence-electron chi connectivity index (χ2n) is 7.29. The first-order valence-electron chi connectivity index (χ1n) is 9.59. The molecule has 1 N–H and O–H groups in total. The molecule has 1 heterocycles. The van der Waals surface area contributed by atoms with Crippen molar-refractivity contribution in [2.45, 2.75) is 24.8 Å². The fraction of sp³-hybridized carbons (Fsp3) is 0.350. The molecule has 10 heteroatoms. The minimum absolute atomic E-state index is 0.0872. The Morgan fingerprint density at radius 2 is 1.70 bits per heavy atom. The van der Waals surface area contributed by atoms with Crippen molar-refractivity contribution in [1.82, 2.24) is 9.62 Å². The second kappa shape index (κ2) is 8.80. The van der Waals surface area contributed by atoms with Crippen LogP contribution in [-0.4, -0.2) is 55.8 Å². The third-order valence-electron chi connectivity index (χ3n) is 4.81. The normalized spacial score (nSPS) is 15.2. The average molecular weight is 433 g/mol. The molecule has 3 rings (SSSR count). The summed E-state index contributed by atoms with van der Waals surface area (Å²) in [5, 5.41) is 14.3. The molecular weight excluding hydrogens is 408 g/mol. The Kier molecular flexibility index (Phi) is 6.37. The summed E-state index contributed by atoms with van der Waals surface area (Å²) in [6.07, 6.45) is 0. The predicted octanol–water partition coefficient (Wildman–Crippen LogP) is 2.24. The molecule has 0 spiro atoms. The Morgan fingerprint density at radius 3 is 2.27 bits per heavy atom. The lowest BCUT2D eigenvalue weighted by atomic mass is 10.1. The van der Waals surface area contributed by atoms with E-state index in [1.165, 1.54) is 10.4 Å². The van der Waals surface area contributed by atoms with Gasteiger partial charge in [0.25, 0.3) is 11.6 Å². The summed E-state index contributed by atoms with van der Waals surface area (Å²) in [7, 11) is -3.60. The molecule has 1 fully saturated rings. The number of carbonyl (C=O) groups is 1. The first kappa shape index (κ1) is 21.7. The number of nitrogens with one attached hydrogen (secondary N) is 1. The maximum absolute atomic E-state index is 12.8. The first-order chi connectivity index (χ1) is 14.2. The summed E-state index contributed by atoms with van der Waals surface area (Å²) < 4.78 is 26.9. The molecule has 1 amide bonds. The van der Waals surface area contributed by atoms with Crippen LogP contribution in [0.5, 0.6) is 0 Å². The van der Waals surface area contributed by atoms with E-state index in [9.17, 15) is 23.3 Å². The van der Waals surface area contributed by atoms with E-state index < -0.39 is 14.9 Å². The number of nitro groups is 1. The Bertz CT molecular complexity index is 1030. The van der Waals surface area contributed by atoms with Gasteiger partial charge in [-0.2, -0.15) is 4.31 Å². The number of sulfonamides is 1. The number of rotatable bonds is 6. The Balaban J connectivity index is 1.78. The van der Waals surface area contributed by atoms with Gasteiger partial charge in [0, 0.05) is 43.9 Å². The smallest absolute Gasteiger partial charge is 0.293 e. The Hall–Kier alpha value is -2.98. The van der Waals surface area contributed by atoms with E-state index in [0.29, 0.717) is 18.8 Å². The second-order valence-corrected chi connectivity index (χ2v) is 9.23. The number of carbonyl (C=O) groups excluding carboxylic acids is 1. The van der Waals surface area contributed by atoms with E-state index in [1.807, 2.05) is 13.8 Å². The molecular formula is C20H24N4O5S. The third kappa shape index (κ3) is 4.60. The van der Waals surface area contributed by atoms with Crippen molar-refractivity contribution < 1.29 is 18.1 Å². The molecule has 0 atom stereocenters. The van der Waals surface area contributed by atoms with Gasteiger partial charge in [0.15, 0.2) is 0 Å². The topological polar surface area (TPSA) is 113 Å². The maximum Gasteiger partial charge on any atom is 0.293 e. The molecule has 1 saturated heterocycles. The molecule has 0 unspecified atom stereocenters. The van der Waals surface area contributed by atoms with Crippen molar-refractivity contribution in [2.75, 3.05) is 31.1 Å².